The number of nitrogens with zero attached hydrogens (tertiary/aromatic N) is 1. The van der Waals surface area contributed by atoms with Crippen LogP contribution < -0.4 is 11.1 Å². The van der Waals surface area contributed by atoms with Gasteiger partial charge in [-0.3, -0.25) is 4.98 Å². The van der Waals surface area contributed by atoms with E-state index in [0.717, 1.165) is 23.1 Å². The van der Waals surface area contributed by atoms with Gasteiger partial charge in [0, 0.05) is 17.6 Å². The average Bonchev–Trinajstić information content (AvgIpc) is 2.75. The minimum atomic E-state index is 0.667. The zero-order valence-corrected chi connectivity index (χ0v) is 11.0. The van der Waals surface area contributed by atoms with E-state index in [1.807, 2.05) is 0 Å². The molecule has 0 aliphatic carbocycles. The Hall–Kier alpha value is -1.07. The molecule has 0 bridgehead atoms. The van der Waals surface area contributed by atoms with E-state index in [-0.39, 0.29) is 0 Å². The summed E-state index contributed by atoms with van der Waals surface area (Å²) >= 11 is 5.19. The van der Waals surface area contributed by atoms with E-state index in [9.17, 15) is 0 Å². The highest BCUT2D eigenvalue weighted by Gasteiger charge is 2.03. The highest BCUT2D eigenvalue weighted by Crippen LogP contribution is 2.26. The Bertz CT molecular complexity index is 436. The molecule has 3 nitrogen and oxygen atoms in total. The van der Waals surface area contributed by atoms with Crippen LogP contribution in [0, 0.1) is 0 Å². The van der Waals surface area contributed by atoms with Crippen LogP contribution in [0.5, 0.6) is 0 Å². The summed E-state index contributed by atoms with van der Waals surface area (Å²) in [4.78, 5) is 5.36. The van der Waals surface area contributed by atoms with Crippen LogP contribution in [0.15, 0.2) is 34.4 Å². The summed E-state index contributed by atoms with van der Waals surface area (Å²) in [5.74, 6) is 0. The Balaban J connectivity index is 1.95. The maximum absolute atomic E-state index is 5.83. The van der Waals surface area contributed by atoms with Gasteiger partial charge in [0.2, 0.25) is 0 Å². The molecule has 0 aromatic carbocycles. The third-order valence-corrected chi connectivity index (χ3v) is 3.72. The zero-order chi connectivity index (χ0) is 11.4. The number of rotatable bonds is 4. The number of hydrogen-bond donors (Lipinski definition) is 2. The van der Waals surface area contributed by atoms with Gasteiger partial charge in [0.15, 0.2) is 0 Å². The van der Waals surface area contributed by atoms with E-state index < -0.39 is 0 Å². The molecule has 0 unspecified atom stereocenters. The second kappa shape index (κ2) is 5.32. The topological polar surface area (TPSA) is 50.9 Å². The fourth-order valence-corrected chi connectivity index (χ4v) is 2.60. The molecule has 5 heteroatoms. The van der Waals surface area contributed by atoms with Crippen LogP contribution in [0.4, 0.5) is 11.4 Å². The summed E-state index contributed by atoms with van der Waals surface area (Å²) in [6, 6.07) is 4.20. The molecule has 2 rings (SSSR count). The Morgan fingerprint density at radius 1 is 1.44 bits per heavy atom. The van der Waals surface area contributed by atoms with Crippen LogP contribution in [-0.4, -0.2) is 11.5 Å². The maximum Gasteiger partial charge on any atom is 0.0750 e. The fourth-order valence-electron chi connectivity index (χ4n) is 1.40. The molecule has 2 heterocycles. The lowest BCUT2D eigenvalue weighted by Crippen LogP contribution is -2.07. The third kappa shape index (κ3) is 2.74. The van der Waals surface area contributed by atoms with Gasteiger partial charge in [0.1, 0.15) is 0 Å². The lowest BCUT2D eigenvalue weighted by Gasteiger charge is -2.09. The van der Waals surface area contributed by atoms with Crippen LogP contribution >= 0.6 is 27.3 Å². The van der Waals surface area contributed by atoms with E-state index in [4.69, 9.17) is 5.73 Å². The molecule has 0 spiro atoms. The van der Waals surface area contributed by atoms with E-state index in [2.05, 4.69) is 43.7 Å². The first-order valence-electron chi connectivity index (χ1n) is 4.92. The summed E-state index contributed by atoms with van der Waals surface area (Å²) in [7, 11) is 0. The Kier molecular flexibility index (Phi) is 3.79. The van der Waals surface area contributed by atoms with Crippen molar-refractivity contribution in [1.82, 2.24) is 4.98 Å². The Morgan fingerprint density at radius 3 is 3.00 bits per heavy atom. The molecule has 0 atom stereocenters. The molecule has 84 valence electrons. The van der Waals surface area contributed by atoms with Gasteiger partial charge >= 0.3 is 0 Å². The minimum Gasteiger partial charge on any atom is -0.396 e. The molecular formula is C11H12BrN3S. The van der Waals surface area contributed by atoms with Crippen molar-refractivity contribution in [3.63, 3.8) is 0 Å². The van der Waals surface area contributed by atoms with Crippen LogP contribution in [-0.2, 0) is 6.42 Å². The molecule has 0 aliphatic rings. The van der Waals surface area contributed by atoms with Crippen molar-refractivity contribution in [2.75, 3.05) is 17.6 Å². The van der Waals surface area contributed by atoms with Gasteiger partial charge in [0.25, 0.3) is 0 Å². The van der Waals surface area contributed by atoms with E-state index >= 15 is 0 Å². The van der Waals surface area contributed by atoms with Gasteiger partial charge in [-0.2, -0.15) is 0 Å². The summed E-state index contributed by atoms with van der Waals surface area (Å²) in [5.41, 5.74) is 7.42. The molecule has 16 heavy (non-hydrogen) atoms. The fraction of sp³-hybridized carbons (Fsp3) is 0.182. The van der Waals surface area contributed by atoms with Crippen molar-refractivity contribution in [3.8, 4) is 0 Å². The Morgan fingerprint density at radius 2 is 2.31 bits per heavy atom. The summed E-state index contributed by atoms with van der Waals surface area (Å²) < 4.78 is 0.902. The number of anilines is 2. The van der Waals surface area contributed by atoms with Crippen molar-refractivity contribution < 1.29 is 0 Å². The van der Waals surface area contributed by atoms with Crippen molar-refractivity contribution in [1.29, 1.82) is 0 Å². The minimum absolute atomic E-state index is 0.667. The van der Waals surface area contributed by atoms with Crippen LogP contribution in [0.3, 0.4) is 0 Å². The number of thiophene rings is 1. The molecule has 0 radical (unpaired) electrons. The maximum atomic E-state index is 5.83. The number of nitrogens with two attached hydrogens (primary N) is 1. The second-order valence-corrected chi connectivity index (χ2v) is 5.23. The van der Waals surface area contributed by atoms with Crippen LogP contribution in [0.25, 0.3) is 0 Å². The first kappa shape index (κ1) is 11.4. The molecule has 0 fully saturated rings. The molecule has 0 saturated heterocycles. The number of pyridine rings is 1. The van der Waals surface area contributed by atoms with Crippen LogP contribution in [0.1, 0.15) is 4.88 Å². The van der Waals surface area contributed by atoms with Gasteiger partial charge < -0.3 is 11.1 Å². The lowest BCUT2D eigenvalue weighted by molar-refractivity contribution is 1.04. The highest BCUT2D eigenvalue weighted by atomic mass is 79.9. The number of hydrogen-bond acceptors (Lipinski definition) is 4. The Labute approximate surface area is 107 Å². The van der Waals surface area contributed by atoms with Crippen molar-refractivity contribution in [3.05, 3.63) is 39.3 Å². The summed E-state index contributed by atoms with van der Waals surface area (Å²) in [5, 5.41) is 5.40. The molecule has 0 aliphatic heterocycles. The SMILES string of the molecule is Nc1cncc(Br)c1NCCc1cccs1. The molecule has 2 aromatic rings. The predicted molar refractivity (Wildman–Crippen MR) is 72.9 cm³/mol. The highest BCUT2D eigenvalue weighted by molar-refractivity contribution is 9.10. The normalized spacial score (nSPS) is 10.3. The quantitative estimate of drug-likeness (QED) is 0.911. The van der Waals surface area contributed by atoms with Gasteiger partial charge in [-0.15, -0.1) is 11.3 Å². The number of nitrogen functional groups attached to an aromatic ring is 1. The van der Waals surface area contributed by atoms with Crippen molar-refractivity contribution in [2.45, 2.75) is 6.42 Å². The van der Waals surface area contributed by atoms with Crippen molar-refractivity contribution >= 4 is 38.6 Å². The third-order valence-electron chi connectivity index (χ3n) is 2.18. The van der Waals surface area contributed by atoms with Gasteiger partial charge in [-0.1, -0.05) is 6.07 Å². The summed E-state index contributed by atoms with van der Waals surface area (Å²) in [6.45, 7) is 0.868. The first-order valence-corrected chi connectivity index (χ1v) is 6.60. The standard InChI is InChI=1S/C11H12BrN3S/c12-9-6-14-7-10(13)11(9)15-4-3-8-2-1-5-16-8/h1-2,5-7H,3-4,13H2,(H,14,15). The smallest absolute Gasteiger partial charge is 0.0750 e. The number of aromatic nitrogens is 1. The molecule has 0 saturated carbocycles. The number of halogens is 1. The van der Waals surface area contributed by atoms with E-state index in [1.54, 1.807) is 23.7 Å². The predicted octanol–water partition coefficient (Wildman–Crippen LogP) is 3.14. The summed E-state index contributed by atoms with van der Waals surface area (Å²) in [6.07, 6.45) is 4.40. The monoisotopic (exact) mass is 297 g/mol. The molecular weight excluding hydrogens is 286 g/mol. The largest absolute Gasteiger partial charge is 0.396 e. The van der Waals surface area contributed by atoms with Crippen LogP contribution in [0.2, 0.25) is 0 Å². The average molecular weight is 298 g/mol. The van der Waals surface area contributed by atoms with Crippen molar-refractivity contribution in [2.24, 2.45) is 0 Å². The van der Waals surface area contributed by atoms with Gasteiger partial charge in [-0.25, -0.2) is 0 Å². The molecule has 3 N–H and O–H groups in total. The molecule has 2 aromatic heterocycles. The second-order valence-electron chi connectivity index (χ2n) is 3.34. The van der Waals surface area contributed by atoms with Gasteiger partial charge in [0.05, 0.1) is 22.0 Å². The first-order chi connectivity index (χ1) is 7.77. The number of nitrogens with one attached hydrogen (secondary N) is 1. The van der Waals surface area contributed by atoms with E-state index in [1.165, 1.54) is 4.88 Å². The van der Waals surface area contributed by atoms with Gasteiger partial charge in [-0.05, 0) is 33.8 Å². The van der Waals surface area contributed by atoms with E-state index in [0.29, 0.717) is 5.69 Å². The molecule has 0 amide bonds. The zero-order valence-electron chi connectivity index (χ0n) is 8.61. The lowest BCUT2D eigenvalue weighted by atomic mass is 10.3.